The molecular formula is C19H17N3O4. The van der Waals surface area contributed by atoms with Crippen LogP contribution in [0, 0.1) is 10.1 Å². The van der Waals surface area contributed by atoms with Crippen molar-refractivity contribution in [2.24, 2.45) is 0 Å². The van der Waals surface area contributed by atoms with Crippen LogP contribution < -0.4 is 5.32 Å². The Morgan fingerprint density at radius 1 is 1.00 bits per heavy atom. The normalized spacial score (nSPS) is 11.8. The molecule has 0 radical (unpaired) electrons. The lowest BCUT2D eigenvalue weighted by Crippen LogP contribution is -2.23. The van der Waals surface area contributed by atoms with E-state index >= 15 is 0 Å². The fourth-order valence-corrected chi connectivity index (χ4v) is 2.72. The van der Waals surface area contributed by atoms with Crippen molar-refractivity contribution in [2.75, 3.05) is 0 Å². The molecule has 3 N–H and O–H groups in total. The molecule has 0 aliphatic rings. The number of hydrogen-bond donors (Lipinski definition) is 3. The van der Waals surface area contributed by atoms with Crippen LogP contribution in [0.3, 0.4) is 0 Å². The highest BCUT2D eigenvalue weighted by Crippen LogP contribution is 2.35. The van der Waals surface area contributed by atoms with E-state index in [0.717, 1.165) is 5.69 Å². The molecule has 3 aromatic rings. The summed E-state index contributed by atoms with van der Waals surface area (Å²) in [6.07, 6.45) is 1.66. The van der Waals surface area contributed by atoms with E-state index in [2.05, 4.69) is 10.3 Å². The molecule has 0 spiro atoms. The molecule has 26 heavy (non-hydrogen) atoms. The lowest BCUT2D eigenvalue weighted by atomic mass is 9.96. The third-order valence-electron chi connectivity index (χ3n) is 3.99. The second-order valence-corrected chi connectivity index (χ2v) is 5.69. The molecule has 0 saturated carbocycles. The molecule has 0 amide bonds. The third-order valence-corrected chi connectivity index (χ3v) is 3.99. The van der Waals surface area contributed by atoms with Crippen LogP contribution in [-0.2, 0) is 6.54 Å². The number of phenolic OH excluding ortho intramolecular Hbond substituents is 2. The maximum atomic E-state index is 11.1. The molecular weight excluding hydrogens is 334 g/mol. The van der Waals surface area contributed by atoms with Gasteiger partial charge in [0.1, 0.15) is 11.5 Å². The molecule has 1 heterocycles. The number of aromatic nitrogens is 1. The van der Waals surface area contributed by atoms with E-state index in [1.165, 1.54) is 24.3 Å². The minimum atomic E-state index is -0.655. The number of phenols is 2. The Bertz CT molecular complexity index is 916. The summed E-state index contributed by atoms with van der Waals surface area (Å²) in [5.41, 5.74) is 1.42. The lowest BCUT2D eigenvalue weighted by molar-refractivity contribution is -0.385. The fourth-order valence-electron chi connectivity index (χ4n) is 2.72. The van der Waals surface area contributed by atoms with Gasteiger partial charge in [-0.15, -0.1) is 0 Å². The van der Waals surface area contributed by atoms with E-state index in [4.69, 9.17) is 0 Å². The predicted molar refractivity (Wildman–Crippen MR) is 95.8 cm³/mol. The van der Waals surface area contributed by atoms with Crippen molar-refractivity contribution in [1.82, 2.24) is 10.3 Å². The highest BCUT2D eigenvalue weighted by molar-refractivity contribution is 5.50. The summed E-state index contributed by atoms with van der Waals surface area (Å²) < 4.78 is 0. The molecule has 0 fully saturated rings. The summed E-state index contributed by atoms with van der Waals surface area (Å²) in [6.45, 7) is 0.349. The number of pyridine rings is 1. The number of para-hydroxylation sites is 1. The first-order valence-electron chi connectivity index (χ1n) is 7.94. The maximum Gasteiger partial charge on any atom is 0.270 e. The molecule has 0 saturated heterocycles. The van der Waals surface area contributed by atoms with Gasteiger partial charge < -0.3 is 15.5 Å². The number of rotatable bonds is 6. The molecule has 1 atom stereocenters. The van der Waals surface area contributed by atoms with Gasteiger partial charge in [0.2, 0.25) is 0 Å². The highest BCUT2D eigenvalue weighted by Gasteiger charge is 2.23. The predicted octanol–water partition coefficient (Wildman–Crippen LogP) is 3.28. The molecule has 2 aromatic carbocycles. The fraction of sp³-hybridized carbons (Fsp3) is 0.105. The van der Waals surface area contributed by atoms with E-state index in [-0.39, 0.29) is 17.2 Å². The first kappa shape index (κ1) is 17.4. The Hall–Kier alpha value is -3.45. The number of nitrogens with zero attached hydrogens (tertiary/aromatic N) is 2. The monoisotopic (exact) mass is 351 g/mol. The largest absolute Gasteiger partial charge is 0.508 e. The van der Waals surface area contributed by atoms with E-state index in [1.807, 2.05) is 12.1 Å². The third kappa shape index (κ3) is 3.79. The van der Waals surface area contributed by atoms with Gasteiger partial charge in [0.05, 0.1) is 16.7 Å². The van der Waals surface area contributed by atoms with Crippen LogP contribution in [0.4, 0.5) is 5.69 Å². The summed E-state index contributed by atoms with van der Waals surface area (Å²) >= 11 is 0. The zero-order chi connectivity index (χ0) is 18.5. The number of nitro benzene ring substituents is 1. The van der Waals surface area contributed by atoms with Gasteiger partial charge in [0.15, 0.2) is 0 Å². The molecule has 0 aliphatic carbocycles. The van der Waals surface area contributed by atoms with E-state index in [1.54, 1.807) is 30.5 Å². The van der Waals surface area contributed by atoms with Gasteiger partial charge in [-0.25, -0.2) is 0 Å². The van der Waals surface area contributed by atoms with Gasteiger partial charge in [0, 0.05) is 36.0 Å². The Labute approximate surface area is 149 Å². The highest BCUT2D eigenvalue weighted by atomic mass is 16.6. The Morgan fingerprint density at radius 2 is 1.73 bits per heavy atom. The average Bonchev–Trinajstić information content (AvgIpc) is 2.65. The lowest BCUT2D eigenvalue weighted by Gasteiger charge is -2.21. The molecule has 132 valence electrons. The van der Waals surface area contributed by atoms with Gasteiger partial charge in [-0.2, -0.15) is 0 Å². The molecule has 7 nitrogen and oxygen atoms in total. The Kier molecular flexibility index (Phi) is 5.09. The van der Waals surface area contributed by atoms with Crippen molar-refractivity contribution in [3.8, 4) is 11.5 Å². The number of nitrogens with one attached hydrogen (secondary N) is 1. The van der Waals surface area contributed by atoms with Crippen LogP contribution in [0.15, 0.2) is 66.9 Å². The molecule has 1 aromatic heterocycles. The minimum absolute atomic E-state index is 0.0249. The van der Waals surface area contributed by atoms with E-state index in [9.17, 15) is 20.3 Å². The Balaban J connectivity index is 2.02. The average molecular weight is 351 g/mol. The van der Waals surface area contributed by atoms with Gasteiger partial charge in [-0.3, -0.25) is 15.1 Å². The quantitative estimate of drug-likeness (QED) is 0.464. The molecule has 3 rings (SSSR count). The van der Waals surface area contributed by atoms with Crippen molar-refractivity contribution in [1.29, 1.82) is 0 Å². The smallest absolute Gasteiger partial charge is 0.270 e. The number of benzene rings is 2. The molecule has 7 heteroatoms. The topological polar surface area (TPSA) is 109 Å². The minimum Gasteiger partial charge on any atom is -0.508 e. The molecule has 1 unspecified atom stereocenters. The summed E-state index contributed by atoms with van der Waals surface area (Å²) in [5.74, 6) is -0.0747. The van der Waals surface area contributed by atoms with Gasteiger partial charge >= 0.3 is 0 Å². The van der Waals surface area contributed by atoms with Crippen LogP contribution in [-0.4, -0.2) is 20.1 Å². The maximum absolute atomic E-state index is 11.1. The number of non-ortho nitro benzene ring substituents is 1. The SMILES string of the molecule is O=[N+]([O-])c1ccc(O)c(C(NCc2ccccn2)c2ccccc2O)c1. The van der Waals surface area contributed by atoms with Crippen LogP contribution in [0.5, 0.6) is 11.5 Å². The van der Waals surface area contributed by atoms with E-state index in [0.29, 0.717) is 17.7 Å². The zero-order valence-corrected chi connectivity index (χ0v) is 13.7. The van der Waals surface area contributed by atoms with Crippen molar-refractivity contribution in [3.63, 3.8) is 0 Å². The molecule has 0 bridgehead atoms. The van der Waals surface area contributed by atoms with Gasteiger partial charge in [0.25, 0.3) is 5.69 Å². The van der Waals surface area contributed by atoms with Gasteiger partial charge in [-0.1, -0.05) is 24.3 Å². The van der Waals surface area contributed by atoms with Crippen molar-refractivity contribution >= 4 is 5.69 Å². The van der Waals surface area contributed by atoms with E-state index < -0.39 is 11.0 Å². The number of nitro groups is 1. The van der Waals surface area contributed by atoms with Crippen LogP contribution in [0.1, 0.15) is 22.9 Å². The summed E-state index contributed by atoms with van der Waals surface area (Å²) in [7, 11) is 0. The van der Waals surface area contributed by atoms with Crippen LogP contribution in [0.2, 0.25) is 0 Å². The van der Waals surface area contributed by atoms with Crippen LogP contribution in [0.25, 0.3) is 0 Å². The first-order chi connectivity index (χ1) is 12.6. The number of hydrogen-bond acceptors (Lipinski definition) is 6. The molecule has 0 aliphatic heterocycles. The van der Waals surface area contributed by atoms with Gasteiger partial charge in [-0.05, 0) is 24.3 Å². The zero-order valence-electron chi connectivity index (χ0n) is 13.7. The summed E-state index contributed by atoms with van der Waals surface area (Å²) in [5, 5.41) is 34.8. The summed E-state index contributed by atoms with van der Waals surface area (Å²) in [6, 6.07) is 15.3. The summed E-state index contributed by atoms with van der Waals surface area (Å²) in [4.78, 5) is 14.8. The standard InChI is InChI=1S/C19H17N3O4/c23-17-7-2-1-6-15(17)19(21-12-13-5-3-4-10-20-13)16-11-14(22(25)26)8-9-18(16)24/h1-11,19,21,23-24H,12H2. The number of aromatic hydroxyl groups is 2. The Morgan fingerprint density at radius 3 is 2.42 bits per heavy atom. The van der Waals surface area contributed by atoms with Crippen molar-refractivity contribution < 1.29 is 15.1 Å². The second-order valence-electron chi connectivity index (χ2n) is 5.69. The van der Waals surface area contributed by atoms with Crippen molar-refractivity contribution in [3.05, 3.63) is 93.8 Å². The van der Waals surface area contributed by atoms with Crippen molar-refractivity contribution in [2.45, 2.75) is 12.6 Å². The second kappa shape index (κ2) is 7.62. The first-order valence-corrected chi connectivity index (χ1v) is 7.94. The van der Waals surface area contributed by atoms with Crippen LogP contribution >= 0.6 is 0 Å².